The van der Waals surface area contributed by atoms with Crippen molar-refractivity contribution in [3.63, 3.8) is 0 Å². The zero-order chi connectivity index (χ0) is 19.3. The van der Waals surface area contributed by atoms with Crippen LogP contribution in [0.25, 0.3) is 0 Å². The van der Waals surface area contributed by atoms with E-state index in [1.54, 1.807) is 48.5 Å². The molecule has 0 aromatic heterocycles. The van der Waals surface area contributed by atoms with Crippen molar-refractivity contribution in [2.24, 2.45) is 0 Å². The molecule has 6 nitrogen and oxygen atoms in total. The van der Waals surface area contributed by atoms with Crippen LogP contribution in [0.2, 0.25) is 0 Å². The van der Waals surface area contributed by atoms with Crippen LogP contribution in [0.1, 0.15) is 41.5 Å². The highest BCUT2D eigenvalue weighted by atomic mass is 16.2. The fourth-order valence-electron chi connectivity index (χ4n) is 2.44. The first-order valence-corrected chi connectivity index (χ1v) is 8.08. The molecule has 26 heavy (non-hydrogen) atoms. The Morgan fingerprint density at radius 1 is 0.846 bits per heavy atom. The average molecular weight is 352 g/mol. The molecule has 2 aromatic carbocycles. The van der Waals surface area contributed by atoms with Gasteiger partial charge < -0.3 is 10.2 Å². The van der Waals surface area contributed by atoms with Crippen molar-refractivity contribution in [1.29, 1.82) is 0 Å². The van der Waals surface area contributed by atoms with Crippen molar-refractivity contribution in [3.8, 4) is 0 Å². The molecule has 134 valence electrons. The average Bonchev–Trinajstić information content (AvgIpc) is 2.59. The first kappa shape index (κ1) is 19.1. The van der Waals surface area contributed by atoms with Gasteiger partial charge in [-0.25, -0.2) is 0 Å². The van der Waals surface area contributed by atoms with Crippen molar-refractivity contribution >= 4 is 34.8 Å². The van der Waals surface area contributed by atoms with Crippen LogP contribution < -0.4 is 10.2 Å². The first-order chi connectivity index (χ1) is 12.3. The highest BCUT2D eigenvalue weighted by molar-refractivity contribution is 6.03. The monoisotopic (exact) mass is 352 g/mol. The number of anilines is 2. The van der Waals surface area contributed by atoms with Gasteiger partial charge in [-0.05, 0) is 38.1 Å². The number of rotatable bonds is 6. The van der Waals surface area contributed by atoms with Crippen LogP contribution >= 0.6 is 0 Å². The summed E-state index contributed by atoms with van der Waals surface area (Å²) < 4.78 is 0. The molecule has 6 heteroatoms. The van der Waals surface area contributed by atoms with Gasteiger partial charge in [0.25, 0.3) is 0 Å². The standard InChI is InChI=1S/C20H20N2O4/c1-13(23)16-6-4-8-18(10-16)21-20(26)12-22(15(3)25)19-9-5-7-17(11-19)14(2)24/h4-11H,12H2,1-3H3,(H,21,26). The molecule has 2 rings (SSSR count). The molecule has 0 aliphatic carbocycles. The van der Waals surface area contributed by atoms with Gasteiger partial charge in [-0.15, -0.1) is 0 Å². The Labute approximate surface area is 151 Å². The summed E-state index contributed by atoms with van der Waals surface area (Å²) in [7, 11) is 0. The third-order valence-electron chi connectivity index (χ3n) is 3.80. The second-order valence-electron chi connectivity index (χ2n) is 5.90. The van der Waals surface area contributed by atoms with E-state index in [9.17, 15) is 19.2 Å². The number of nitrogens with zero attached hydrogens (tertiary/aromatic N) is 1. The molecule has 0 saturated carbocycles. The van der Waals surface area contributed by atoms with Crippen molar-refractivity contribution in [2.75, 3.05) is 16.8 Å². The molecular weight excluding hydrogens is 332 g/mol. The number of amides is 2. The number of ketones is 2. The summed E-state index contributed by atoms with van der Waals surface area (Å²) >= 11 is 0. The topological polar surface area (TPSA) is 83.6 Å². The van der Waals surface area contributed by atoms with Crippen LogP contribution in [0, 0.1) is 0 Å². The second kappa shape index (κ2) is 8.20. The summed E-state index contributed by atoms with van der Waals surface area (Å²) in [4.78, 5) is 48.6. The van der Waals surface area contributed by atoms with Crippen LogP contribution in [0.4, 0.5) is 11.4 Å². The SMILES string of the molecule is CC(=O)c1cccc(NC(=O)CN(C(C)=O)c2cccc(C(C)=O)c2)c1. The summed E-state index contributed by atoms with van der Waals surface area (Å²) in [5.41, 5.74) is 1.89. The summed E-state index contributed by atoms with van der Waals surface area (Å²) in [6.07, 6.45) is 0. The summed E-state index contributed by atoms with van der Waals surface area (Å²) in [5.74, 6) is -0.958. The van der Waals surface area contributed by atoms with E-state index in [1.807, 2.05) is 0 Å². The number of Topliss-reactive ketones (excluding diaryl/α,β-unsaturated/α-hetero) is 2. The van der Waals surface area contributed by atoms with Crippen LogP contribution in [0.15, 0.2) is 48.5 Å². The minimum atomic E-state index is -0.408. The van der Waals surface area contributed by atoms with Crippen LogP contribution in [-0.2, 0) is 9.59 Å². The Balaban J connectivity index is 2.17. The molecule has 0 radical (unpaired) electrons. The molecule has 0 saturated heterocycles. The zero-order valence-electron chi connectivity index (χ0n) is 14.9. The van der Waals surface area contributed by atoms with Crippen molar-refractivity contribution < 1.29 is 19.2 Å². The number of carbonyl (C=O) groups excluding carboxylic acids is 4. The number of carbonyl (C=O) groups is 4. The second-order valence-corrected chi connectivity index (χ2v) is 5.90. The van der Waals surface area contributed by atoms with E-state index >= 15 is 0 Å². The smallest absolute Gasteiger partial charge is 0.244 e. The van der Waals surface area contributed by atoms with E-state index in [2.05, 4.69) is 5.32 Å². The summed E-state index contributed by atoms with van der Waals surface area (Å²) in [6.45, 7) is 4.03. The fourth-order valence-corrected chi connectivity index (χ4v) is 2.44. The van der Waals surface area contributed by atoms with Gasteiger partial charge in [0.05, 0.1) is 0 Å². The number of hydrogen-bond acceptors (Lipinski definition) is 4. The highest BCUT2D eigenvalue weighted by Gasteiger charge is 2.17. The van der Waals surface area contributed by atoms with E-state index in [0.29, 0.717) is 22.5 Å². The van der Waals surface area contributed by atoms with Gasteiger partial charge >= 0.3 is 0 Å². The van der Waals surface area contributed by atoms with Gasteiger partial charge in [0, 0.05) is 29.4 Å². The lowest BCUT2D eigenvalue weighted by atomic mass is 10.1. The Kier molecular flexibility index (Phi) is 6.01. The summed E-state index contributed by atoms with van der Waals surface area (Å²) in [5, 5.41) is 2.68. The van der Waals surface area contributed by atoms with Gasteiger partial charge in [0.2, 0.25) is 11.8 Å². The largest absolute Gasteiger partial charge is 0.325 e. The molecule has 0 aliphatic heterocycles. The first-order valence-electron chi connectivity index (χ1n) is 8.08. The molecule has 0 unspecified atom stereocenters. The molecular formula is C20H20N2O4. The van der Waals surface area contributed by atoms with Gasteiger partial charge in [-0.1, -0.05) is 24.3 Å². The van der Waals surface area contributed by atoms with Crippen molar-refractivity contribution in [1.82, 2.24) is 0 Å². The number of hydrogen-bond donors (Lipinski definition) is 1. The maximum Gasteiger partial charge on any atom is 0.244 e. The molecule has 0 heterocycles. The van der Waals surface area contributed by atoms with Gasteiger partial charge in [0.1, 0.15) is 6.54 Å². The van der Waals surface area contributed by atoms with Gasteiger partial charge in [-0.2, -0.15) is 0 Å². The van der Waals surface area contributed by atoms with E-state index < -0.39 is 5.91 Å². The van der Waals surface area contributed by atoms with E-state index in [4.69, 9.17) is 0 Å². The lowest BCUT2D eigenvalue weighted by Crippen LogP contribution is -2.36. The van der Waals surface area contributed by atoms with Crippen molar-refractivity contribution in [2.45, 2.75) is 20.8 Å². The lowest BCUT2D eigenvalue weighted by molar-refractivity contribution is -0.120. The number of nitrogens with one attached hydrogen (secondary N) is 1. The van der Waals surface area contributed by atoms with E-state index in [1.165, 1.54) is 25.7 Å². The Morgan fingerprint density at radius 3 is 2.00 bits per heavy atom. The van der Waals surface area contributed by atoms with Crippen LogP contribution in [0.5, 0.6) is 0 Å². The Bertz CT molecular complexity index is 874. The Hall–Kier alpha value is -3.28. The molecule has 0 spiro atoms. The highest BCUT2D eigenvalue weighted by Crippen LogP contribution is 2.18. The quantitative estimate of drug-likeness (QED) is 0.810. The summed E-state index contributed by atoms with van der Waals surface area (Å²) in [6, 6.07) is 13.1. The fraction of sp³-hybridized carbons (Fsp3) is 0.200. The van der Waals surface area contributed by atoms with Crippen molar-refractivity contribution in [3.05, 3.63) is 59.7 Å². The predicted molar refractivity (Wildman–Crippen MR) is 99.5 cm³/mol. The third-order valence-corrected chi connectivity index (χ3v) is 3.80. The zero-order valence-corrected chi connectivity index (χ0v) is 14.9. The maximum atomic E-state index is 12.3. The van der Waals surface area contributed by atoms with Crippen LogP contribution in [0.3, 0.4) is 0 Å². The van der Waals surface area contributed by atoms with E-state index in [-0.39, 0.29) is 24.0 Å². The lowest BCUT2D eigenvalue weighted by Gasteiger charge is -2.21. The molecule has 0 fully saturated rings. The van der Waals surface area contributed by atoms with E-state index in [0.717, 1.165) is 0 Å². The number of benzene rings is 2. The normalized spacial score (nSPS) is 10.1. The Morgan fingerprint density at radius 2 is 1.42 bits per heavy atom. The molecule has 0 aliphatic rings. The maximum absolute atomic E-state index is 12.3. The molecule has 2 aromatic rings. The van der Waals surface area contributed by atoms with Gasteiger partial charge in [-0.3, -0.25) is 19.2 Å². The van der Waals surface area contributed by atoms with Gasteiger partial charge in [0.15, 0.2) is 11.6 Å². The third kappa shape index (κ3) is 4.86. The molecule has 0 bridgehead atoms. The molecule has 1 N–H and O–H groups in total. The molecule has 2 amide bonds. The minimum Gasteiger partial charge on any atom is -0.325 e. The van der Waals surface area contributed by atoms with Crippen LogP contribution in [-0.4, -0.2) is 29.9 Å². The minimum absolute atomic E-state index is 0.104. The molecule has 0 atom stereocenters. The predicted octanol–water partition coefficient (Wildman–Crippen LogP) is 3.08.